The molecular formula is C44H70O12. The number of aliphatic hydroxyl groups excluding tert-OH is 4. The van der Waals surface area contributed by atoms with Crippen LogP contribution in [-0.4, -0.2) is 123 Å². The molecule has 0 aromatic rings. The molecule has 12 nitrogen and oxygen atoms in total. The van der Waals surface area contributed by atoms with Gasteiger partial charge < -0.3 is 58.7 Å². The van der Waals surface area contributed by atoms with Crippen molar-refractivity contribution in [1.29, 1.82) is 0 Å². The summed E-state index contributed by atoms with van der Waals surface area (Å²) in [5, 5.41) is 54.0. The highest BCUT2D eigenvalue weighted by molar-refractivity contribution is 5.19. The summed E-state index contributed by atoms with van der Waals surface area (Å²) in [4.78, 5) is 0. The first kappa shape index (κ1) is 42.8. The molecule has 12 heteroatoms. The van der Waals surface area contributed by atoms with Crippen LogP contribution in [-0.2, 0) is 33.2 Å². The van der Waals surface area contributed by atoms with Crippen molar-refractivity contribution in [2.45, 2.75) is 196 Å². The highest BCUT2D eigenvalue weighted by Gasteiger charge is 2.55. The molecule has 0 amide bonds. The zero-order chi connectivity index (χ0) is 40.0. The molecule has 7 rings (SSSR count). The van der Waals surface area contributed by atoms with Crippen molar-refractivity contribution in [3.05, 3.63) is 36.0 Å². The van der Waals surface area contributed by atoms with Gasteiger partial charge >= 0.3 is 0 Å². The smallest absolute Gasteiger partial charge is 0.241 e. The van der Waals surface area contributed by atoms with Gasteiger partial charge in [-0.2, -0.15) is 0 Å². The summed E-state index contributed by atoms with van der Waals surface area (Å²) in [7, 11) is 0. The zero-order valence-corrected chi connectivity index (χ0v) is 34.4. The van der Waals surface area contributed by atoms with E-state index in [4.69, 9.17) is 33.2 Å². The third kappa shape index (κ3) is 9.07. The van der Waals surface area contributed by atoms with Gasteiger partial charge in [-0.1, -0.05) is 45.1 Å². The topological polar surface area (TPSA) is 166 Å². The van der Waals surface area contributed by atoms with Crippen LogP contribution in [0.3, 0.4) is 0 Å². The number of hydrogen-bond acceptors (Lipinski definition) is 12. The summed E-state index contributed by atoms with van der Waals surface area (Å²) in [5.74, 6) is -1.13. The van der Waals surface area contributed by atoms with Crippen molar-refractivity contribution >= 4 is 0 Å². The minimum atomic E-state index is -1.52. The minimum Gasteiger partial charge on any atom is -0.393 e. The van der Waals surface area contributed by atoms with Gasteiger partial charge in [0.2, 0.25) is 12.1 Å². The molecule has 1 saturated carbocycles. The van der Waals surface area contributed by atoms with Crippen LogP contribution >= 0.6 is 0 Å². The summed E-state index contributed by atoms with van der Waals surface area (Å²) >= 11 is 0. The van der Waals surface area contributed by atoms with Crippen molar-refractivity contribution in [3.63, 3.8) is 0 Å². The fourth-order valence-corrected chi connectivity index (χ4v) is 10.9. The lowest BCUT2D eigenvalue weighted by molar-refractivity contribution is -0.388. The van der Waals surface area contributed by atoms with E-state index in [1.165, 1.54) is 13.3 Å². The molecular weight excluding hydrogens is 720 g/mol. The predicted molar refractivity (Wildman–Crippen MR) is 207 cm³/mol. The summed E-state index contributed by atoms with van der Waals surface area (Å²) in [6, 6.07) is 0. The van der Waals surface area contributed by atoms with E-state index in [1.807, 2.05) is 19.9 Å². The first-order valence-electron chi connectivity index (χ1n) is 21.6. The van der Waals surface area contributed by atoms with E-state index < -0.39 is 60.6 Å². The van der Waals surface area contributed by atoms with E-state index in [0.29, 0.717) is 49.5 Å². The Bertz CT molecular complexity index is 1430. The van der Waals surface area contributed by atoms with Gasteiger partial charge in [-0.3, -0.25) is 0 Å². The lowest BCUT2D eigenvalue weighted by Gasteiger charge is -2.50. The van der Waals surface area contributed by atoms with Crippen LogP contribution in [0, 0.1) is 23.7 Å². The van der Waals surface area contributed by atoms with E-state index in [1.54, 1.807) is 6.08 Å². The average Bonchev–Trinajstić information content (AvgIpc) is 3.56. The van der Waals surface area contributed by atoms with Crippen molar-refractivity contribution in [2.75, 3.05) is 19.8 Å². The highest BCUT2D eigenvalue weighted by atomic mass is 16.8. The van der Waals surface area contributed by atoms with E-state index >= 15 is 0 Å². The van der Waals surface area contributed by atoms with Crippen LogP contribution < -0.4 is 0 Å². The third-order valence-electron chi connectivity index (χ3n) is 14.3. The highest BCUT2D eigenvalue weighted by Crippen LogP contribution is 2.49. The van der Waals surface area contributed by atoms with E-state index in [-0.39, 0.29) is 48.8 Å². The van der Waals surface area contributed by atoms with Crippen molar-refractivity contribution in [2.24, 2.45) is 23.7 Å². The maximum atomic E-state index is 11.6. The Hall–Kier alpha value is -1.26. The quantitative estimate of drug-likeness (QED) is 0.189. The van der Waals surface area contributed by atoms with E-state index in [2.05, 4.69) is 26.5 Å². The zero-order valence-electron chi connectivity index (χ0n) is 34.4. The lowest BCUT2D eigenvalue weighted by atomic mass is 9.65. The third-order valence-corrected chi connectivity index (χ3v) is 14.3. The molecule has 5 saturated heterocycles. The molecule has 0 radical (unpaired) electrons. The van der Waals surface area contributed by atoms with Crippen LogP contribution in [0.15, 0.2) is 36.0 Å². The fraction of sp³-hybridized carbons (Fsp3) is 0.864. The van der Waals surface area contributed by atoms with Crippen LogP contribution in [0.2, 0.25) is 0 Å². The van der Waals surface area contributed by atoms with Gasteiger partial charge in [-0.15, -0.1) is 0 Å². The summed E-state index contributed by atoms with van der Waals surface area (Å²) in [6.45, 7) is 14.9. The van der Waals surface area contributed by atoms with Gasteiger partial charge in [0.25, 0.3) is 0 Å². The van der Waals surface area contributed by atoms with E-state index in [0.717, 1.165) is 50.7 Å². The number of ether oxygens (including phenoxy) is 7. The predicted octanol–water partition coefficient (Wildman–Crippen LogP) is 4.98. The second kappa shape index (κ2) is 17.0. The van der Waals surface area contributed by atoms with Gasteiger partial charge in [-0.05, 0) is 107 Å². The first-order valence-corrected chi connectivity index (χ1v) is 21.6. The normalized spacial score (nSPS) is 46.1. The number of hydrogen-bond donors (Lipinski definition) is 5. The average molecular weight is 791 g/mol. The summed E-state index contributed by atoms with van der Waals surface area (Å²) in [6.07, 6.45) is 10.9. The molecule has 0 bridgehead atoms. The van der Waals surface area contributed by atoms with Crippen LogP contribution in [0.1, 0.15) is 118 Å². The molecule has 0 aromatic carbocycles. The van der Waals surface area contributed by atoms with Crippen molar-refractivity contribution in [3.8, 4) is 0 Å². The Morgan fingerprint density at radius 2 is 1.82 bits per heavy atom. The van der Waals surface area contributed by atoms with Crippen molar-refractivity contribution < 1.29 is 58.7 Å². The van der Waals surface area contributed by atoms with Crippen molar-refractivity contribution in [1.82, 2.24) is 0 Å². The standard InChI is InChI=1S/C44H70O12/c1-26-19-36(55-44(21-26)40(48)50-24-32(54-44)22-41(6,49)25-45)28(3)9-10-31-12-16-43(53-31)17-13-35-39(56-43)37(47)30(5)38(52-35)34(46)20-29(4)33-23-42(15-11-27(33)2)14-7-8-18-51-42/h9-10,21,27-29,31-40,45-49H,5,7-8,11-20,22-25H2,1-4,6H3/b10-9+. The second-order valence-corrected chi connectivity index (χ2v) is 19.1. The minimum absolute atomic E-state index is 0.000495. The van der Waals surface area contributed by atoms with Crippen LogP contribution in [0.4, 0.5) is 0 Å². The Labute approximate surface area is 333 Å². The maximum absolute atomic E-state index is 11.6. The van der Waals surface area contributed by atoms with Gasteiger partial charge in [0.1, 0.15) is 18.3 Å². The monoisotopic (exact) mass is 790 g/mol. The summed E-state index contributed by atoms with van der Waals surface area (Å²) in [5.41, 5.74) is 0.0939. The Morgan fingerprint density at radius 3 is 2.57 bits per heavy atom. The Morgan fingerprint density at radius 1 is 1.04 bits per heavy atom. The molecule has 56 heavy (non-hydrogen) atoms. The SMILES string of the molecule is C=C1C(O)C2OC3(CCC(/C=C/C(C)C4CC(C)=CC5(OC(CC(C)(O)CO)COC5O)O4)O3)CCC2OC1C(O)CC(C)C1CC2(CCCCO2)CCC1C. The second-order valence-electron chi connectivity index (χ2n) is 19.1. The molecule has 6 fully saturated rings. The number of aliphatic hydroxyl groups is 5. The molecule has 6 aliphatic heterocycles. The van der Waals surface area contributed by atoms with Crippen LogP contribution in [0.5, 0.6) is 0 Å². The fourth-order valence-electron chi connectivity index (χ4n) is 10.9. The van der Waals surface area contributed by atoms with E-state index in [9.17, 15) is 25.5 Å². The van der Waals surface area contributed by atoms with Gasteiger partial charge in [0.05, 0.1) is 54.9 Å². The molecule has 3 spiro atoms. The first-order chi connectivity index (χ1) is 26.5. The molecule has 17 unspecified atom stereocenters. The lowest BCUT2D eigenvalue weighted by Crippen LogP contribution is -2.60. The van der Waals surface area contributed by atoms with Gasteiger partial charge in [0, 0.05) is 31.8 Å². The number of fused-ring (bicyclic) bond motifs is 1. The summed E-state index contributed by atoms with van der Waals surface area (Å²) < 4.78 is 44.4. The van der Waals surface area contributed by atoms with Gasteiger partial charge in [-0.25, -0.2) is 0 Å². The maximum Gasteiger partial charge on any atom is 0.241 e. The molecule has 7 aliphatic rings. The molecule has 1 aliphatic carbocycles. The molecule has 5 N–H and O–H groups in total. The van der Waals surface area contributed by atoms with Gasteiger partial charge in [0.15, 0.2) is 5.79 Å². The molecule has 17 atom stereocenters. The Kier molecular flexibility index (Phi) is 13.0. The van der Waals surface area contributed by atoms with Crippen LogP contribution in [0.25, 0.3) is 0 Å². The molecule has 0 aromatic heterocycles. The number of rotatable bonds is 10. The molecule has 318 valence electrons. The Balaban J connectivity index is 0.919. The largest absolute Gasteiger partial charge is 0.393 e. The molecule has 6 heterocycles.